The van der Waals surface area contributed by atoms with Crippen LogP contribution in [-0.2, 0) is 19.2 Å². The molecule has 0 rings (SSSR count). The lowest BCUT2D eigenvalue weighted by Crippen LogP contribution is -2.11. The average molecular weight is 489 g/mol. The van der Waals surface area contributed by atoms with E-state index in [2.05, 4.69) is 35.1 Å². The Bertz CT molecular complexity index is 274. The maximum atomic E-state index is 9.81. The zero-order valence-corrected chi connectivity index (χ0v) is 20.5. The van der Waals surface area contributed by atoms with Gasteiger partial charge in [-0.15, -0.1) is 0 Å². The lowest BCUT2D eigenvalue weighted by Gasteiger charge is -1.80. The third kappa shape index (κ3) is 357. The van der Waals surface area contributed by atoms with Gasteiger partial charge in [-0.3, -0.25) is 9.59 Å². The summed E-state index contributed by atoms with van der Waals surface area (Å²) in [6.07, 6.45) is 1.33. The van der Waals surface area contributed by atoms with Gasteiger partial charge in [-0.05, 0) is 41.0 Å². The number of amides is 2. The van der Waals surface area contributed by atoms with Crippen LogP contribution in [0.4, 0.5) is 0 Å². The average Bonchev–Trinajstić information content (AvgIpc) is 2.69. The van der Waals surface area contributed by atoms with Gasteiger partial charge >= 0.3 is 0 Å². The molecule has 0 aromatic rings. The maximum Gasteiger partial charge on any atom is 0.216 e. The third-order valence-corrected chi connectivity index (χ3v) is 2.41. The van der Waals surface area contributed by atoms with Crippen LogP contribution < -0.4 is 21.3 Å². The summed E-state index contributed by atoms with van der Waals surface area (Å²) in [6.45, 7) is 16.1. The lowest BCUT2D eigenvalue weighted by molar-refractivity contribution is -0.119. The molecule has 0 saturated heterocycles. The first-order valence-electron chi connectivity index (χ1n) is 9.56. The van der Waals surface area contributed by atoms with E-state index < -0.39 is 0 Å². The van der Waals surface area contributed by atoms with E-state index in [1.54, 1.807) is 27.9 Å². The Labute approximate surface area is 210 Å². The van der Waals surface area contributed by atoms with E-state index in [4.69, 9.17) is 0 Å². The minimum atomic E-state index is 0. The quantitative estimate of drug-likeness (QED) is 0.437. The van der Waals surface area contributed by atoms with Gasteiger partial charge in [0.25, 0.3) is 0 Å². The van der Waals surface area contributed by atoms with Crippen molar-refractivity contribution in [1.29, 1.82) is 0 Å². The summed E-state index contributed by atoms with van der Waals surface area (Å²) in [5.41, 5.74) is 0. The molecule has 0 atom stereocenters. The summed E-state index contributed by atoms with van der Waals surface area (Å²) < 4.78 is 0. The summed E-state index contributed by atoms with van der Waals surface area (Å²) in [7, 11) is 7.06. The first kappa shape index (κ1) is 69.7. The van der Waals surface area contributed by atoms with Crippen LogP contribution in [0.1, 0.15) is 105 Å². The van der Waals surface area contributed by atoms with Crippen LogP contribution in [0.15, 0.2) is 0 Å². The molecular weight excluding hydrogens is 420 g/mol. The fourth-order valence-corrected chi connectivity index (χ4v) is 0. The van der Waals surface area contributed by atoms with Crippen LogP contribution in [-0.4, -0.2) is 64.7 Å². The Kier molecular flexibility index (Phi) is 164. The van der Waals surface area contributed by atoms with Crippen LogP contribution in [0.2, 0.25) is 0 Å². The molecule has 212 valence electrons. The fourth-order valence-electron chi connectivity index (χ4n) is 0. The van der Waals surface area contributed by atoms with Gasteiger partial charge in [0.1, 0.15) is 11.6 Å². The Morgan fingerprint density at radius 3 is 0.576 bits per heavy atom. The van der Waals surface area contributed by atoms with Crippen LogP contribution in [0, 0.1) is 0 Å². The molecule has 8 heteroatoms. The molecule has 0 bridgehead atoms. The number of Topliss-reactive ketones (excluding diaryl/α,β-unsaturated/α-hetero) is 2. The van der Waals surface area contributed by atoms with E-state index >= 15 is 0 Å². The molecule has 0 aliphatic carbocycles. The molecule has 0 unspecified atom stereocenters. The van der Waals surface area contributed by atoms with Crippen molar-refractivity contribution in [2.45, 2.75) is 105 Å². The second-order valence-electron chi connectivity index (χ2n) is 5.14. The third-order valence-electron chi connectivity index (χ3n) is 2.41. The Balaban J connectivity index is -0.0000000190. The SMILES string of the molecule is C.C.C.C.C.CCC(C)=O.CCC(C)=O.CCNC.CCNC.CNC(C)=O.CNC(C)=O. The zero-order valence-electron chi connectivity index (χ0n) is 20.5. The number of carbonyl (C=O) groups excluding carboxylic acids is 4. The molecule has 0 fully saturated rings. The first-order valence-corrected chi connectivity index (χ1v) is 9.56. The molecule has 8 nitrogen and oxygen atoms in total. The molecule has 0 heterocycles. The van der Waals surface area contributed by atoms with Gasteiger partial charge in [-0.1, -0.05) is 64.8 Å². The Morgan fingerprint density at radius 1 is 0.485 bits per heavy atom. The van der Waals surface area contributed by atoms with Gasteiger partial charge in [-0.25, -0.2) is 0 Å². The molecular formula is C25H68N4O4. The second kappa shape index (κ2) is 77.7. The van der Waals surface area contributed by atoms with Gasteiger partial charge in [0.15, 0.2) is 0 Å². The van der Waals surface area contributed by atoms with Crippen molar-refractivity contribution in [3.8, 4) is 0 Å². The molecule has 0 radical (unpaired) electrons. The normalized spacial score (nSPS) is 6.18. The molecule has 0 saturated carbocycles. The van der Waals surface area contributed by atoms with E-state index in [0.717, 1.165) is 13.1 Å². The van der Waals surface area contributed by atoms with Crippen molar-refractivity contribution in [1.82, 2.24) is 21.3 Å². The number of nitrogens with one attached hydrogen (secondary N) is 4. The van der Waals surface area contributed by atoms with Gasteiger partial charge in [0, 0.05) is 40.8 Å². The fraction of sp³-hybridized carbons (Fsp3) is 0.840. The lowest BCUT2D eigenvalue weighted by atomic mass is 10.4. The van der Waals surface area contributed by atoms with E-state index in [0.29, 0.717) is 12.8 Å². The van der Waals surface area contributed by atoms with Crippen molar-refractivity contribution in [2.75, 3.05) is 41.3 Å². The van der Waals surface area contributed by atoms with Crippen molar-refractivity contribution >= 4 is 23.4 Å². The molecule has 33 heavy (non-hydrogen) atoms. The van der Waals surface area contributed by atoms with Crippen molar-refractivity contribution < 1.29 is 19.2 Å². The molecule has 4 N–H and O–H groups in total. The van der Waals surface area contributed by atoms with Gasteiger partial charge in [0.05, 0.1) is 0 Å². The second-order valence-corrected chi connectivity index (χ2v) is 5.14. The predicted molar refractivity (Wildman–Crippen MR) is 154 cm³/mol. The highest BCUT2D eigenvalue weighted by Crippen LogP contribution is 1.72. The number of rotatable bonds is 4. The van der Waals surface area contributed by atoms with E-state index in [1.807, 2.05) is 27.9 Å². The summed E-state index contributed by atoms with van der Waals surface area (Å²) in [5, 5.41) is 10.6. The van der Waals surface area contributed by atoms with Crippen molar-refractivity contribution in [2.24, 2.45) is 0 Å². The van der Waals surface area contributed by atoms with E-state index in [1.165, 1.54) is 13.8 Å². The number of hydrogen-bond donors (Lipinski definition) is 4. The number of ketones is 2. The Morgan fingerprint density at radius 2 is 0.576 bits per heavy atom. The van der Waals surface area contributed by atoms with E-state index in [9.17, 15) is 19.2 Å². The standard InChI is InChI=1S/2C4H8O.2C3H7NO.2C3H9N.5CH4/c2*1-3-4(2)5;2*1-3(5)4-2;2*1-3-4-2;;;;;/h2*3H2,1-2H3;2*1-2H3,(H,4,5);2*4H,3H2,1-2H3;5*1H4. The first-order chi connectivity index (χ1) is 12.9. The monoisotopic (exact) mass is 489 g/mol. The summed E-state index contributed by atoms with van der Waals surface area (Å²) in [6, 6.07) is 0. The van der Waals surface area contributed by atoms with Crippen molar-refractivity contribution in [3.63, 3.8) is 0 Å². The smallest absolute Gasteiger partial charge is 0.216 e. The van der Waals surface area contributed by atoms with Crippen LogP contribution in [0.5, 0.6) is 0 Å². The summed E-state index contributed by atoms with van der Waals surface area (Å²) in [5.74, 6) is 0.519. The highest BCUT2D eigenvalue weighted by molar-refractivity contribution is 5.75. The van der Waals surface area contributed by atoms with Crippen LogP contribution >= 0.6 is 0 Å². The minimum Gasteiger partial charge on any atom is -0.359 e. The predicted octanol–water partition coefficient (Wildman–Crippen LogP) is 5.11. The molecule has 0 aliphatic rings. The van der Waals surface area contributed by atoms with Gasteiger partial charge in [0.2, 0.25) is 11.8 Å². The molecule has 0 aromatic heterocycles. The summed E-state index contributed by atoms with van der Waals surface area (Å²) >= 11 is 0. The van der Waals surface area contributed by atoms with Gasteiger partial charge < -0.3 is 30.9 Å². The zero-order chi connectivity index (χ0) is 24.0. The van der Waals surface area contributed by atoms with Crippen molar-refractivity contribution in [3.05, 3.63) is 0 Å². The molecule has 2 amide bonds. The molecule has 0 aromatic carbocycles. The van der Waals surface area contributed by atoms with Crippen LogP contribution in [0.3, 0.4) is 0 Å². The highest BCUT2D eigenvalue weighted by Gasteiger charge is 1.77. The molecule has 0 spiro atoms. The van der Waals surface area contributed by atoms with Crippen LogP contribution in [0.25, 0.3) is 0 Å². The summed E-state index contributed by atoms with van der Waals surface area (Å²) in [4.78, 5) is 39.0. The van der Waals surface area contributed by atoms with E-state index in [-0.39, 0.29) is 60.5 Å². The topological polar surface area (TPSA) is 116 Å². The number of carbonyl (C=O) groups is 4. The van der Waals surface area contributed by atoms with Gasteiger partial charge in [-0.2, -0.15) is 0 Å². The minimum absolute atomic E-state index is 0. The number of hydrogen-bond acceptors (Lipinski definition) is 6. The largest absolute Gasteiger partial charge is 0.359 e. The molecule has 0 aliphatic heterocycles. The Hall–Kier alpha value is -1.80. The maximum absolute atomic E-state index is 9.81. The highest BCUT2D eigenvalue weighted by atomic mass is 16.2.